The van der Waals surface area contributed by atoms with Crippen LogP contribution in [0.3, 0.4) is 0 Å². The van der Waals surface area contributed by atoms with Crippen LogP contribution in [-0.4, -0.2) is 37.2 Å². The Balaban J connectivity index is 4.56. The Kier molecular flexibility index (Phi) is 42.1. The second-order valence-electron chi connectivity index (χ2n) is 14.5. The highest BCUT2D eigenvalue weighted by Gasteiger charge is 2.19. The van der Waals surface area contributed by atoms with E-state index in [1.165, 1.54) is 51.4 Å². The van der Waals surface area contributed by atoms with Gasteiger partial charge in [0.2, 0.25) is 0 Å². The second-order valence-corrected chi connectivity index (χ2v) is 14.5. The number of esters is 3. The van der Waals surface area contributed by atoms with Crippen molar-refractivity contribution in [2.45, 2.75) is 194 Å². The van der Waals surface area contributed by atoms with Crippen LogP contribution in [-0.2, 0) is 28.6 Å². The summed E-state index contributed by atoms with van der Waals surface area (Å²) in [6, 6.07) is 0. The first-order valence-electron chi connectivity index (χ1n) is 22.7. The Morgan fingerprint density at radius 2 is 0.719 bits per heavy atom. The summed E-state index contributed by atoms with van der Waals surface area (Å²) in [6.45, 7) is 6.27. The Morgan fingerprint density at radius 3 is 1.18 bits per heavy atom. The lowest BCUT2D eigenvalue weighted by Crippen LogP contribution is -2.30. The minimum absolute atomic E-state index is 0.116. The summed E-state index contributed by atoms with van der Waals surface area (Å²) in [6.07, 6.45) is 58.3. The van der Waals surface area contributed by atoms with Crippen molar-refractivity contribution in [3.05, 3.63) is 97.2 Å². The van der Waals surface area contributed by atoms with Crippen LogP contribution >= 0.6 is 0 Å². The van der Waals surface area contributed by atoms with E-state index < -0.39 is 6.10 Å². The average molecular weight is 791 g/mol. The summed E-state index contributed by atoms with van der Waals surface area (Å²) in [5.74, 6) is -1.05. The molecule has 0 aliphatic rings. The molecule has 0 rings (SSSR count). The van der Waals surface area contributed by atoms with Crippen molar-refractivity contribution in [1.82, 2.24) is 0 Å². The van der Waals surface area contributed by atoms with Crippen molar-refractivity contribution in [3.8, 4) is 0 Å². The number of hydrogen-bond donors (Lipinski definition) is 0. The van der Waals surface area contributed by atoms with Gasteiger partial charge in [0.1, 0.15) is 13.2 Å². The van der Waals surface area contributed by atoms with Gasteiger partial charge in [-0.3, -0.25) is 14.4 Å². The van der Waals surface area contributed by atoms with Crippen LogP contribution in [0.1, 0.15) is 188 Å². The molecule has 0 spiro atoms. The van der Waals surface area contributed by atoms with E-state index in [4.69, 9.17) is 14.2 Å². The largest absolute Gasteiger partial charge is 0.462 e. The predicted molar refractivity (Wildman–Crippen MR) is 242 cm³/mol. The third-order valence-electron chi connectivity index (χ3n) is 9.10. The van der Waals surface area contributed by atoms with E-state index in [1.54, 1.807) is 0 Å². The molecule has 0 aromatic rings. The zero-order valence-electron chi connectivity index (χ0n) is 36.6. The number of carbonyl (C=O) groups is 3. The summed E-state index contributed by atoms with van der Waals surface area (Å²) in [5, 5.41) is 0. The van der Waals surface area contributed by atoms with Gasteiger partial charge in [0.25, 0.3) is 0 Å². The molecule has 0 heterocycles. The van der Waals surface area contributed by atoms with Gasteiger partial charge in [0, 0.05) is 19.3 Å². The monoisotopic (exact) mass is 791 g/mol. The zero-order chi connectivity index (χ0) is 41.5. The van der Waals surface area contributed by atoms with Crippen LogP contribution < -0.4 is 0 Å². The van der Waals surface area contributed by atoms with Crippen LogP contribution in [0.5, 0.6) is 0 Å². The van der Waals surface area contributed by atoms with Crippen molar-refractivity contribution < 1.29 is 28.6 Å². The van der Waals surface area contributed by atoms with E-state index in [-0.39, 0.29) is 44.0 Å². The molecule has 1 unspecified atom stereocenters. The highest BCUT2D eigenvalue weighted by Crippen LogP contribution is 2.13. The fourth-order valence-electron chi connectivity index (χ4n) is 5.74. The summed E-state index contributed by atoms with van der Waals surface area (Å²) in [4.78, 5) is 37.7. The standard InChI is InChI=1S/C51H82O6/c1-4-7-10-13-16-19-22-24-25-26-27-30-32-35-38-41-44-50(53)56-47-48(46-55-49(52)43-40-37-34-31-28-21-18-15-12-9-6-3)57-51(54)45-42-39-36-33-29-23-20-17-14-11-8-5-2/h7-8,10-11,16-17,19-20,24-25,27,29-30,33,35,38,48H,4-6,9,12-15,18,21-23,26,28,31-32,34,36-37,39-47H2,1-3H3/b10-7-,11-8-,19-16-,20-17-,25-24-,30-27-,33-29-,38-35-. The maximum absolute atomic E-state index is 12.7. The molecule has 0 N–H and O–H groups in total. The number of ether oxygens (including phenoxy) is 3. The lowest BCUT2D eigenvalue weighted by atomic mass is 10.1. The summed E-state index contributed by atoms with van der Waals surface area (Å²) >= 11 is 0. The normalized spacial score (nSPS) is 13.0. The Hall–Kier alpha value is -3.67. The lowest BCUT2D eigenvalue weighted by Gasteiger charge is -2.18. The van der Waals surface area contributed by atoms with E-state index in [2.05, 4.69) is 106 Å². The molecule has 6 nitrogen and oxygen atoms in total. The van der Waals surface area contributed by atoms with Crippen LogP contribution in [0.25, 0.3) is 0 Å². The molecule has 0 aliphatic heterocycles. The van der Waals surface area contributed by atoms with E-state index in [1.807, 2.05) is 12.2 Å². The summed E-state index contributed by atoms with van der Waals surface area (Å²) < 4.78 is 16.6. The number of unbranched alkanes of at least 4 members (excludes halogenated alkanes) is 12. The first-order valence-corrected chi connectivity index (χ1v) is 22.7. The van der Waals surface area contributed by atoms with Crippen LogP contribution in [0.4, 0.5) is 0 Å². The fraction of sp³-hybridized carbons (Fsp3) is 0.627. The Bertz CT molecular complexity index is 1180. The SMILES string of the molecule is CC/C=C\C/C=C\C/C=C\C/C=C\C/C=C\CCC(=O)OCC(COC(=O)CCCCCCCCCCCCC)OC(=O)CCCC/C=C\C/C=C\C/C=C\CC. The minimum atomic E-state index is -0.824. The Labute approximate surface area is 349 Å². The molecule has 0 aromatic carbocycles. The van der Waals surface area contributed by atoms with E-state index in [0.717, 1.165) is 83.5 Å². The van der Waals surface area contributed by atoms with Crippen molar-refractivity contribution in [3.63, 3.8) is 0 Å². The first kappa shape index (κ1) is 53.3. The molecular weight excluding hydrogens is 709 g/mol. The molecule has 6 heteroatoms. The molecule has 0 bridgehead atoms. The molecule has 1 atom stereocenters. The van der Waals surface area contributed by atoms with Gasteiger partial charge in [0.05, 0.1) is 0 Å². The molecule has 0 saturated heterocycles. The van der Waals surface area contributed by atoms with Gasteiger partial charge >= 0.3 is 17.9 Å². The number of rotatable bonds is 39. The van der Waals surface area contributed by atoms with Crippen LogP contribution in [0.2, 0.25) is 0 Å². The van der Waals surface area contributed by atoms with Gasteiger partial charge in [-0.25, -0.2) is 0 Å². The fourth-order valence-corrected chi connectivity index (χ4v) is 5.74. The molecule has 0 amide bonds. The molecule has 0 fully saturated rings. The molecule has 0 aromatic heterocycles. The van der Waals surface area contributed by atoms with E-state index in [0.29, 0.717) is 19.3 Å². The van der Waals surface area contributed by atoms with Gasteiger partial charge in [-0.1, -0.05) is 182 Å². The average Bonchev–Trinajstić information content (AvgIpc) is 3.21. The van der Waals surface area contributed by atoms with Crippen molar-refractivity contribution >= 4 is 17.9 Å². The smallest absolute Gasteiger partial charge is 0.306 e. The number of carbonyl (C=O) groups excluding carboxylic acids is 3. The van der Waals surface area contributed by atoms with Gasteiger partial charge < -0.3 is 14.2 Å². The maximum Gasteiger partial charge on any atom is 0.306 e. The molecule has 322 valence electrons. The summed E-state index contributed by atoms with van der Waals surface area (Å²) in [7, 11) is 0. The maximum atomic E-state index is 12.7. The van der Waals surface area contributed by atoms with Crippen molar-refractivity contribution in [2.24, 2.45) is 0 Å². The van der Waals surface area contributed by atoms with Gasteiger partial charge in [0.15, 0.2) is 6.10 Å². The van der Waals surface area contributed by atoms with Gasteiger partial charge in [-0.15, -0.1) is 0 Å². The number of allylic oxidation sites excluding steroid dienone is 16. The van der Waals surface area contributed by atoms with Crippen LogP contribution in [0, 0.1) is 0 Å². The molecule has 0 aliphatic carbocycles. The third-order valence-corrected chi connectivity index (χ3v) is 9.10. The number of hydrogen-bond acceptors (Lipinski definition) is 6. The zero-order valence-corrected chi connectivity index (χ0v) is 36.6. The molecular formula is C51H82O6. The molecule has 0 saturated carbocycles. The minimum Gasteiger partial charge on any atom is -0.462 e. The highest BCUT2D eigenvalue weighted by molar-refractivity contribution is 5.71. The van der Waals surface area contributed by atoms with Crippen LogP contribution in [0.15, 0.2) is 97.2 Å². The molecule has 0 radical (unpaired) electrons. The Morgan fingerprint density at radius 1 is 0.368 bits per heavy atom. The quantitative estimate of drug-likeness (QED) is 0.0267. The summed E-state index contributed by atoms with van der Waals surface area (Å²) in [5.41, 5.74) is 0. The highest BCUT2D eigenvalue weighted by atomic mass is 16.6. The third kappa shape index (κ3) is 43.3. The van der Waals surface area contributed by atoms with Gasteiger partial charge in [-0.2, -0.15) is 0 Å². The van der Waals surface area contributed by atoms with Gasteiger partial charge in [-0.05, 0) is 83.5 Å². The second kappa shape index (κ2) is 45.0. The van der Waals surface area contributed by atoms with Crippen molar-refractivity contribution in [2.75, 3.05) is 13.2 Å². The molecule has 57 heavy (non-hydrogen) atoms. The van der Waals surface area contributed by atoms with E-state index in [9.17, 15) is 14.4 Å². The lowest BCUT2D eigenvalue weighted by molar-refractivity contribution is -0.166. The topological polar surface area (TPSA) is 78.9 Å². The van der Waals surface area contributed by atoms with Crippen molar-refractivity contribution in [1.29, 1.82) is 0 Å². The predicted octanol–water partition coefficient (Wildman–Crippen LogP) is 14.6. The first-order chi connectivity index (χ1) is 28.0. The van der Waals surface area contributed by atoms with E-state index >= 15 is 0 Å².